The first-order valence-electron chi connectivity index (χ1n) is 4.38. The fourth-order valence-electron chi connectivity index (χ4n) is 1.26. The molecule has 0 radical (unpaired) electrons. The molecular weight excluding hydrogens is 204 g/mol. The molecule has 13 heavy (non-hydrogen) atoms. The van der Waals surface area contributed by atoms with Gasteiger partial charge in [-0.1, -0.05) is 25.6 Å². The molecule has 0 aromatic rings. The second-order valence-electron chi connectivity index (χ2n) is 2.82. The van der Waals surface area contributed by atoms with Gasteiger partial charge in [0.25, 0.3) is 0 Å². The lowest BCUT2D eigenvalue weighted by molar-refractivity contribution is 0.328. The third-order valence-electron chi connectivity index (χ3n) is 1.95. The summed E-state index contributed by atoms with van der Waals surface area (Å²) in [5, 5.41) is 0. The summed E-state index contributed by atoms with van der Waals surface area (Å²) in [4.78, 5) is 6.55. The SMILES string of the molecule is CCN(CC)C1=NCN(S)CN1S. The first-order chi connectivity index (χ1) is 6.19. The predicted octanol–water partition coefficient (Wildman–Crippen LogP) is 0.906. The van der Waals surface area contributed by atoms with E-state index in [1.165, 1.54) is 0 Å². The number of nitrogens with zero attached hydrogens (tertiary/aromatic N) is 4. The van der Waals surface area contributed by atoms with Crippen LogP contribution in [0.5, 0.6) is 0 Å². The van der Waals surface area contributed by atoms with Gasteiger partial charge in [0.2, 0.25) is 5.96 Å². The molecule has 1 heterocycles. The Morgan fingerprint density at radius 3 is 2.46 bits per heavy atom. The Labute approximate surface area is 90.7 Å². The minimum Gasteiger partial charge on any atom is -0.343 e. The zero-order valence-electron chi connectivity index (χ0n) is 8.01. The van der Waals surface area contributed by atoms with E-state index in [-0.39, 0.29) is 0 Å². The normalized spacial score (nSPS) is 18.8. The van der Waals surface area contributed by atoms with Crippen molar-refractivity contribution in [2.45, 2.75) is 13.8 Å². The van der Waals surface area contributed by atoms with Crippen LogP contribution in [-0.4, -0.2) is 45.9 Å². The highest BCUT2D eigenvalue weighted by Crippen LogP contribution is 2.11. The molecule has 1 rings (SSSR count). The molecule has 0 amide bonds. The molecule has 0 saturated carbocycles. The van der Waals surface area contributed by atoms with E-state index < -0.39 is 0 Å². The molecule has 1 aliphatic heterocycles. The van der Waals surface area contributed by atoms with Crippen molar-refractivity contribution in [2.75, 3.05) is 26.4 Å². The third kappa shape index (κ3) is 2.69. The average molecular weight is 220 g/mol. The Hall–Kier alpha value is -0.0700. The maximum absolute atomic E-state index is 4.38. The van der Waals surface area contributed by atoms with Crippen molar-refractivity contribution < 1.29 is 0 Å². The van der Waals surface area contributed by atoms with Gasteiger partial charge >= 0.3 is 0 Å². The molecule has 6 heteroatoms. The summed E-state index contributed by atoms with van der Waals surface area (Å²) in [7, 11) is 0. The number of hydrogen-bond acceptors (Lipinski definition) is 6. The monoisotopic (exact) mass is 220 g/mol. The van der Waals surface area contributed by atoms with E-state index in [0.717, 1.165) is 19.0 Å². The Kier molecular flexibility index (Phi) is 4.21. The van der Waals surface area contributed by atoms with Crippen LogP contribution >= 0.6 is 25.6 Å². The van der Waals surface area contributed by atoms with Gasteiger partial charge in [-0.05, 0) is 13.8 Å². The van der Waals surface area contributed by atoms with E-state index in [1.54, 1.807) is 4.31 Å². The molecule has 0 unspecified atom stereocenters. The summed E-state index contributed by atoms with van der Waals surface area (Å²) in [5.74, 6) is 0.943. The van der Waals surface area contributed by atoms with Gasteiger partial charge in [-0.2, -0.15) is 0 Å². The zero-order chi connectivity index (χ0) is 9.84. The first kappa shape index (κ1) is 11.0. The van der Waals surface area contributed by atoms with Crippen LogP contribution in [0.25, 0.3) is 0 Å². The highest BCUT2D eigenvalue weighted by molar-refractivity contribution is 7.78. The summed E-state index contributed by atoms with van der Waals surface area (Å²) in [6.07, 6.45) is 0. The molecule has 0 spiro atoms. The number of hydrogen-bond donors (Lipinski definition) is 2. The van der Waals surface area contributed by atoms with E-state index in [1.807, 2.05) is 4.31 Å². The molecule has 0 bridgehead atoms. The van der Waals surface area contributed by atoms with Gasteiger partial charge in [-0.25, -0.2) is 9.30 Å². The fourth-order valence-corrected chi connectivity index (χ4v) is 1.89. The van der Waals surface area contributed by atoms with Crippen LogP contribution in [0.2, 0.25) is 0 Å². The number of guanidine groups is 1. The third-order valence-corrected chi connectivity index (χ3v) is 2.51. The molecule has 0 aromatic carbocycles. The second kappa shape index (κ2) is 4.97. The lowest BCUT2D eigenvalue weighted by Gasteiger charge is -2.34. The first-order valence-corrected chi connectivity index (χ1v) is 5.18. The molecule has 0 fully saturated rings. The highest BCUT2D eigenvalue weighted by atomic mass is 32.1. The Bertz CT molecular complexity index is 193. The number of thiol groups is 2. The Morgan fingerprint density at radius 1 is 1.38 bits per heavy atom. The van der Waals surface area contributed by atoms with Crippen LogP contribution in [0.15, 0.2) is 4.99 Å². The van der Waals surface area contributed by atoms with Gasteiger partial charge < -0.3 is 4.90 Å². The van der Waals surface area contributed by atoms with Gasteiger partial charge in [0.15, 0.2) is 0 Å². The number of aliphatic imine (C=N–C) groups is 1. The summed E-state index contributed by atoms with van der Waals surface area (Å²) in [5.41, 5.74) is 0. The van der Waals surface area contributed by atoms with Crippen molar-refractivity contribution in [3.8, 4) is 0 Å². The lowest BCUT2D eigenvalue weighted by Crippen LogP contribution is -2.46. The molecule has 76 valence electrons. The largest absolute Gasteiger partial charge is 0.343 e. The summed E-state index contributed by atoms with van der Waals surface area (Å²) < 4.78 is 3.61. The predicted molar refractivity (Wildman–Crippen MR) is 61.7 cm³/mol. The quantitative estimate of drug-likeness (QED) is 0.676. The lowest BCUT2D eigenvalue weighted by atomic mass is 10.5. The summed E-state index contributed by atoms with van der Waals surface area (Å²) >= 11 is 8.54. The van der Waals surface area contributed by atoms with Crippen molar-refractivity contribution in [2.24, 2.45) is 4.99 Å². The number of rotatable bonds is 2. The van der Waals surface area contributed by atoms with E-state index in [2.05, 4.69) is 49.4 Å². The van der Waals surface area contributed by atoms with E-state index in [0.29, 0.717) is 13.3 Å². The van der Waals surface area contributed by atoms with Crippen LogP contribution in [0.4, 0.5) is 0 Å². The van der Waals surface area contributed by atoms with Crippen molar-refractivity contribution in [3.63, 3.8) is 0 Å². The molecule has 0 saturated heterocycles. The summed E-state index contributed by atoms with van der Waals surface area (Å²) in [6, 6.07) is 0. The summed E-state index contributed by atoms with van der Waals surface area (Å²) in [6.45, 7) is 7.47. The Balaban J connectivity index is 2.67. The van der Waals surface area contributed by atoms with E-state index in [9.17, 15) is 0 Å². The molecular formula is C7H16N4S2. The van der Waals surface area contributed by atoms with Gasteiger partial charge in [-0.3, -0.25) is 4.31 Å². The maximum Gasteiger partial charge on any atom is 0.209 e. The minimum atomic E-state index is 0.631. The molecule has 0 aromatic heterocycles. The maximum atomic E-state index is 4.38. The van der Waals surface area contributed by atoms with Gasteiger partial charge in [0.1, 0.15) is 6.67 Å². The fraction of sp³-hybridized carbons (Fsp3) is 0.857. The topological polar surface area (TPSA) is 22.1 Å². The van der Waals surface area contributed by atoms with Crippen molar-refractivity contribution in [1.82, 2.24) is 13.5 Å². The van der Waals surface area contributed by atoms with Crippen molar-refractivity contribution in [1.29, 1.82) is 0 Å². The van der Waals surface area contributed by atoms with Crippen LogP contribution in [0, 0.1) is 0 Å². The van der Waals surface area contributed by atoms with Crippen LogP contribution in [-0.2, 0) is 0 Å². The van der Waals surface area contributed by atoms with Gasteiger partial charge in [0.05, 0.1) is 6.67 Å². The van der Waals surface area contributed by atoms with Gasteiger partial charge in [0, 0.05) is 13.1 Å². The van der Waals surface area contributed by atoms with E-state index >= 15 is 0 Å². The zero-order valence-corrected chi connectivity index (χ0v) is 9.80. The highest BCUT2D eigenvalue weighted by Gasteiger charge is 2.19. The molecule has 4 nitrogen and oxygen atoms in total. The minimum absolute atomic E-state index is 0.631. The smallest absolute Gasteiger partial charge is 0.209 e. The van der Waals surface area contributed by atoms with Crippen molar-refractivity contribution >= 4 is 31.6 Å². The van der Waals surface area contributed by atoms with Crippen LogP contribution in [0.3, 0.4) is 0 Å². The van der Waals surface area contributed by atoms with Crippen LogP contribution in [0.1, 0.15) is 13.8 Å². The molecule has 0 atom stereocenters. The average Bonchev–Trinajstić information content (AvgIpc) is 2.10. The second-order valence-corrected chi connectivity index (χ2v) is 3.87. The van der Waals surface area contributed by atoms with Crippen molar-refractivity contribution in [3.05, 3.63) is 0 Å². The van der Waals surface area contributed by atoms with Crippen LogP contribution < -0.4 is 0 Å². The standard InChI is InChI=1S/C7H16N4S2/c1-3-9(4-2)7-8-5-10(12)6-11(7)13/h12-13H,3-6H2,1-2H3. The molecule has 0 N–H and O–H groups in total. The Morgan fingerprint density at radius 2 is 2.00 bits per heavy atom. The molecule has 1 aliphatic rings. The molecule has 0 aliphatic carbocycles. The van der Waals surface area contributed by atoms with E-state index in [4.69, 9.17) is 0 Å². The van der Waals surface area contributed by atoms with Gasteiger partial charge in [-0.15, -0.1) is 0 Å².